The van der Waals surface area contributed by atoms with E-state index in [9.17, 15) is 9.59 Å². The molecular formula is C22H23N3O3. The van der Waals surface area contributed by atoms with E-state index in [-0.39, 0.29) is 18.1 Å². The van der Waals surface area contributed by atoms with Gasteiger partial charge in [-0.3, -0.25) is 9.59 Å². The molecule has 28 heavy (non-hydrogen) atoms. The van der Waals surface area contributed by atoms with Crippen molar-refractivity contribution in [1.29, 1.82) is 0 Å². The Kier molecular flexibility index (Phi) is 5.02. The Morgan fingerprint density at radius 3 is 2.43 bits per heavy atom. The Labute approximate surface area is 163 Å². The number of amides is 1. The highest BCUT2D eigenvalue weighted by Gasteiger charge is 2.21. The number of hydrogen-bond acceptors (Lipinski definition) is 4. The second kappa shape index (κ2) is 7.76. The number of piperazine rings is 1. The second-order valence-corrected chi connectivity index (χ2v) is 6.94. The molecule has 6 nitrogen and oxygen atoms in total. The average Bonchev–Trinajstić information content (AvgIpc) is 2.75. The summed E-state index contributed by atoms with van der Waals surface area (Å²) >= 11 is 0. The molecule has 2 aromatic carbocycles. The Hall–Kier alpha value is -3.28. The third-order valence-corrected chi connectivity index (χ3v) is 5.19. The first-order valence-corrected chi connectivity index (χ1v) is 9.42. The van der Waals surface area contributed by atoms with E-state index in [2.05, 4.69) is 17.0 Å². The van der Waals surface area contributed by atoms with Crippen molar-refractivity contribution in [3.8, 4) is 5.75 Å². The van der Waals surface area contributed by atoms with Gasteiger partial charge in [0.2, 0.25) is 0 Å². The van der Waals surface area contributed by atoms with Crippen LogP contribution in [0, 0.1) is 0 Å². The summed E-state index contributed by atoms with van der Waals surface area (Å²) in [4.78, 5) is 28.9. The number of anilines is 1. The van der Waals surface area contributed by atoms with E-state index in [1.165, 1.54) is 10.3 Å². The van der Waals surface area contributed by atoms with Crippen molar-refractivity contribution < 1.29 is 9.53 Å². The lowest BCUT2D eigenvalue weighted by atomic mass is 10.1. The van der Waals surface area contributed by atoms with Gasteiger partial charge in [-0.05, 0) is 30.3 Å². The molecule has 6 heteroatoms. The third-order valence-electron chi connectivity index (χ3n) is 5.19. The molecule has 1 saturated heterocycles. The van der Waals surface area contributed by atoms with Crippen molar-refractivity contribution in [3.63, 3.8) is 0 Å². The normalized spacial score (nSPS) is 14.3. The van der Waals surface area contributed by atoms with Crippen molar-refractivity contribution >= 4 is 22.4 Å². The summed E-state index contributed by atoms with van der Waals surface area (Å²) in [5.74, 6) is 0.528. The summed E-state index contributed by atoms with van der Waals surface area (Å²) in [6.07, 6.45) is 1.71. The lowest BCUT2D eigenvalue weighted by molar-refractivity contribution is -0.133. The van der Waals surface area contributed by atoms with Crippen molar-refractivity contribution in [1.82, 2.24) is 9.47 Å². The van der Waals surface area contributed by atoms with E-state index in [4.69, 9.17) is 4.74 Å². The number of hydrogen-bond donors (Lipinski definition) is 0. The van der Waals surface area contributed by atoms with Crippen LogP contribution in [-0.4, -0.2) is 48.2 Å². The molecule has 4 rings (SSSR count). The van der Waals surface area contributed by atoms with Crippen LogP contribution in [0.1, 0.15) is 0 Å². The zero-order valence-corrected chi connectivity index (χ0v) is 15.9. The summed E-state index contributed by atoms with van der Waals surface area (Å²) in [5.41, 5.74) is 1.11. The highest BCUT2D eigenvalue weighted by Crippen LogP contribution is 2.23. The largest absolute Gasteiger partial charge is 0.483 e. The molecule has 0 unspecified atom stereocenters. The van der Waals surface area contributed by atoms with E-state index in [1.807, 2.05) is 29.2 Å². The predicted molar refractivity (Wildman–Crippen MR) is 110 cm³/mol. The topological polar surface area (TPSA) is 54.8 Å². The number of carbonyl (C=O) groups excluding carboxylic acids is 1. The standard InChI is InChI=1S/C22H23N3O3/c1-23-11-10-18-19(22(23)27)8-5-9-20(18)28-16-21(26)25-14-12-24(13-15-25)17-6-3-2-4-7-17/h2-11H,12-16H2,1H3. The molecule has 1 amide bonds. The number of benzene rings is 2. The van der Waals surface area contributed by atoms with Gasteiger partial charge in [0.25, 0.3) is 11.5 Å². The minimum Gasteiger partial charge on any atom is -0.483 e. The lowest BCUT2D eigenvalue weighted by Gasteiger charge is -2.36. The van der Waals surface area contributed by atoms with Crippen LogP contribution in [0.15, 0.2) is 65.6 Å². The molecule has 144 valence electrons. The first kappa shape index (κ1) is 18.1. The highest BCUT2D eigenvalue weighted by molar-refractivity contribution is 5.88. The highest BCUT2D eigenvalue weighted by atomic mass is 16.5. The molecule has 1 fully saturated rings. The van der Waals surface area contributed by atoms with Gasteiger partial charge in [0.05, 0.1) is 5.39 Å². The van der Waals surface area contributed by atoms with E-state index in [0.717, 1.165) is 18.5 Å². The summed E-state index contributed by atoms with van der Waals surface area (Å²) < 4.78 is 7.32. The van der Waals surface area contributed by atoms with Crippen LogP contribution >= 0.6 is 0 Å². The maximum absolute atomic E-state index is 12.6. The molecule has 0 spiro atoms. The van der Waals surface area contributed by atoms with E-state index >= 15 is 0 Å². The molecule has 3 aromatic rings. The van der Waals surface area contributed by atoms with Gasteiger partial charge in [-0.2, -0.15) is 0 Å². The molecular weight excluding hydrogens is 354 g/mol. The SMILES string of the molecule is Cn1ccc2c(OCC(=O)N3CCN(c4ccccc4)CC3)cccc2c1=O. The molecule has 0 saturated carbocycles. The third kappa shape index (κ3) is 3.58. The van der Waals surface area contributed by atoms with Crippen molar-refractivity contribution in [2.24, 2.45) is 7.05 Å². The smallest absolute Gasteiger partial charge is 0.260 e. The number of ether oxygens (including phenoxy) is 1. The molecule has 2 heterocycles. The number of fused-ring (bicyclic) bond motifs is 1. The van der Waals surface area contributed by atoms with Crippen molar-refractivity contribution in [2.45, 2.75) is 0 Å². The van der Waals surface area contributed by atoms with Gasteiger partial charge in [-0.1, -0.05) is 24.3 Å². The number of pyridine rings is 1. The van der Waals surface area contributed by atoms with Crippen LogP contribution in [0.3, 0.4) is 0 Å². The molecule has 0 radical (unpaired) electrons. The van der Waals surface area contributed by atoms with E-state index in [1.54, 1.807) is 31.4 Å². The minimum atomic E-state index is -0.0775. The van der Waals surface area contributed by atoms with Crippen molar-refractivity contribution in [2.75, 3.05) is 37.7 Å². The Morgan fingerprint density at radius 2 is 1.68 bits per heavy atom. The maximum Gasteiger partial charge on any atom is 0.260 e. The van der Waals surface area contributed by atoms with Crippen LogP contribution in [-0.2, 0) is 11.8 Å². The molecule has 0 atom stereocenters. The number of carbonyl (C=O) groups is 1. The van der Waals surface area contributed by atoms with Crippen LogP contribution in [0.2, 0.25) is 0 Å². The molecule has 1 aliphatic heterocycles. The first-order chi connectivity index (χ1) is 13.6. The van der Waals surface area contributed by atoms with Gasteiger partial charge < -0.3 is 19.1 Å². The van der Waals surface area contributed by atoms with E-state index < -0.39 is 0 Å². The second-order valence-electron chi connectivity index (χ2n) is 6.94. The number of nitrogens with zero attached hydrogens (tertiary/aromatic N) is 3. The van der Waals surface area contributed by atoms with Gasteiger partial charge >= 0.3 is 0 Å². The quantitative estimate of drug-likeness (QED) is 0.700. The molecule has 1 aliphatic rings. The fraction of sp³-hybridized carbons (Fsp3) is 0.273. The van der Waals surface area contributed by atoms with Gasteiger partial charge in [0, 0.05) is 50.5 Å². The van der Waals surface area contributed by atoms with Gasteiger partial charge in [-0.25, -0.2) is 0 Å². The van der Waals surface area contributed by atoms with Crippen molar-refractivity contribution in [3.05, 3.63) is 71.1 Å². The summed E-state index contributed by atoms with van der Waals surface area (Å²) in [5, 5.41) is 1.32. The number of aromatic nitrogens is 1. The number of aryl methyl sites for hydroxylation is 1. The average molecular weight is 377 g/mol. The van der Waals surface area contributed by atoms with Gasteiger partial charge in [0.15, 0.2) is 6.61 Å². The minimum absolute atomic E-state index is 0.0281. The van der Waals surface area contributed by atoms with Gasteiger partial charge in [-0.15, -0.1) is 0 Å². The van der Waals surface area contributed by atoms with Crippen LogP contribution in [0.4, 0.5) is 5.69 Å². The van der Waals surface area contributed by atoms with Crippen LogP contribution in [0.5, 0.6) is 5.75 Å². The Morgan fingerprint density at radius 1 is 0.929 bits per heavy atom. The molecule has 0 N–H and O–H groups in total. The predicted octanol–water partition coefficient (Wildman–Crippen LogP) is 2.27. The lowest BCUT2D eigenvalue weighted by Crippen LogP contribution is -2.50. The van der Waals surface area contributed by atoms with Crippen LogP contribution < -0.4 is 15.2 Å². The number of rotatable bonds is 4. The zero-order chi connectivity index (χ0) is 19.5. The monoisotopic (exact) mass is 377 g/mol. The molecule has 0 bridgehead atoms. The number of para-hydroxylation sites is 1. The maximum atomic E-state index is 12.6. The van der Waals surface area contributed by atoms with E-state index in [0.29, 0.717) is 24.2 Å². The first-order valence-electron chi connectivity index (χ1n) is 9.42. The fourth-order valence-electron chi connectivity index (χ4n) is 3.56. The summed E-state index contributed by atoms with van der Waals surface area (Å²) in [6.45, 7) is 2.93. The fourth-order valence-corrected chi connectivity index (χ4v) is 3.56. The molecule has 1 aromatic heterocycles. The summed E-state index contributed by atoms with van der Waals surface area (Å²) in [6, 6.07) is 17.4. The Bertz CT molecular complexity index is 1040. The van der Waals surface area contributed by atoms with Crippen LogP contribution in [0.25, 0.3) is 10.8 Å². The zero-order valence-electron chi connectivity index (χ0n) is 15.9. The Balaban J connectivity index is 1.39. The summed E-state index contributed by atoms with van der Waals surface area (Å²) in [7, 11) is 1.72. The van der Waals surface area contributed by atoms with Gasteiger partial charge in [0.1, 0.15) is 5.75 Å². The molecule has 0 aliphatic carbocycles.